The van der Waals surface area contributed by atoms with Crippen molar-refractivity contribution in [3.05, 3.63) is 156 Å². The van der Waals surface area contributed by atoms with Gasteiger partial charge >= 0.3 is 5.97 Å². The summed E-state index contributed by atoms with van der Waals surface area (Å²) in [5, 5.41) is 4.92. The standard InChI is InChI=1S/C44H44N3O2/c1-31-18-19-35(40(30-31)43-39-21-20-33-13-5-7-15-36(33)38(39)23-27-46(43)4)24-29-49-44(48)41-17-9-10-26-47(41)28-22-34-14-6-8-16-37(34)42-32(2)12-11-25-45(42)3/h5-21,23,25-27,30,32,42H,22,24,28-29H2,1-4H3/q+3. The molecule has 0 saturated carbocycles. The molecule has 0 spiro atoms. The van der Waals surface area contributed by atoms with Crippen LogP contribution in [0.3, 0.4) is 0 Å². The molecule has 4 aromatic carbocycles. The summed E-state index contributed by atoms with van der Waals surface area (Å²) in [6.45, 7) is 5.37. The molecule has 0 radical (unpaired) electrons. The van der Waals surface area contributed by atoms with Crippen LogP contribution in [0.5, 0.6) is 0 Å². The molecular formula is C44H44N3O2+3. The van der Waals surface area contributed by atoms with E-state index in [1.165, 1.54) is 43.8 Å². The van der Waals surface area contributed by atoms with Crippen LogP contribution >= 0.6 is 0 Å². The van der Waals surface area contributed by atoms with Gasteiger partial charge in [-0.05, 0) is 53.1 Å². The number of nitrogens with zero attached hydrogens (tertiary/aromatic N) is 3. The van der Waals surface area contributed by atoms with Crippen LogP contribution in [0.4, 0.5) is 0 Å². The molecule has 0 aliphatic carbocycles. The molecule has 6 aromatic rings. The van der Waals surface area contributed by atoms with E-state index in [1.54, 1.807) is 0 Å². The fraction of sp³-hybridized carbons (Fsp3) is 0.227. The lowest BCUT2D eigenvalue weighted by atomic mass is 9.88. The Morgan fingerprint density at radius 3 is 2.47 bits per heavy atom. The van der Waals surface area contributed by atoms with Crippen molar-refractivity contribution in [1.29, 1.82) is 0 Å². The van der Waals surface area contributed by atoms with E-state index in [1.807, 2.05) is 29.0 Å². The van der Waals surface area contributed by atoms with Crippen LogP contribution in [-0.4, -0.2) is 30.4 Å². The third-order valence-electron chi connectivity index (χ3n) is 9.99. The van der Waals surface area contributed by atoms with Gasteiger partial charge in [-0.1, -0.05) is 85.3 Å². The minimum Gasteiger partial charge on any atom is -0.457 e. The Hall–Kier alpha value is -5.42. The van der Waals surface area contributed by atoms with E-state index in [2.05, 4.69) is 147 Å². The van der Waals surface area contributed by atoms with Gasteiger partial charge in [-0.15, -0.1) is 0 Å². The van der Waals surface area contributed by atoms with E-state index in [-0.39, 0.29) is 12.0 Å². The lowest BCUT2D eigenvalue weighted by molar-refractivity contribution is -0.698. The maximum Gasteiger partial charge on any atom is 0.403 e. The van der Waals surface area contributed by atoms with Gasteiger partial charge in [-0.3, -0.25) is 0 Å². The lowest BCUT2D eigenvalue weighted by Gasteiger charge is -2.22. The van der Waals surface area contributed by atoms with Gasteiger partial charge in [0.2, 0.25) is 5.69 Å². The molecular weight excluding hydrogens is 603 g/mol. The van der Waals surface area contributed by atoms with E-state index < -0.39 is 0 Å². The minimum absolute atomic E-state index is 0.286. The summed E-state index contributed by atoms with van der Waals surface area (Å²) in [6.07, 6.45) is 12.1. The average Bonchev–Trinajstić information content (AvgIpc) is 3.11. The molecule has 49 heavy (non-hydrogen) atoms. The van der Waals surface area contributed by atoms with Crippen molar-refractivity contribution >= 4 is 33.7 Å². The summed E-state index contributed by atoms with van der Waals surface area (Å²) in [5.41, 5.74) is 7.88. The Kier molecular flexibility index (Phi) is 9.17. The van der Waals surface area contributed by atoms with Crippen LogP contribution in [0.1, 0.15) is 45.7 Å². The molecule has 7 rings (SSSR count). The summed E-state index contributed by atoms with van der Waals surface area (Å²) in [7, 11) is 4.25. The number of ether oxygens (including phenoxy) is 1. The minimum atomic E-state index is -0.301. The number of aromatic nitrogens is 2. The third kappa shape index (κ3) is 6.54. The zero-order valence-corrected chi connectivity index (χ0v) is 28.8. The van der Waals surface area contributed by atoms with E-state index >= 15 is 0 Å². The molecule has 3 heterocycles. The zero-order chi connectivity index (χ0) is 33.9. The van der Waals surface area contributed by atoms with Crippen LogP contribution in [0.2, 0.25) is 0 Å². The predicted octanol–water partition coefficient (Wildman–Crippen LogP) is 7.68. The summed E-state index contributed by atoms with van der Waals surface area (Å²) in [5.74, 6) is 0.105. The highest BCUT2D eigenvalue weighted by atomic mass is 16.5. The Bertz CT molecular complexity index is 2250. The Balaban J connectivity index is 1.09. The second kappa shape index (κ2) is 14.0. The van der Waals surface area contributed by atoms with Gasteiger partial charge in [0, 0.05) is 47.9 Å². The smallest absolute Gasteiger partial charge is 0.403 e. The number of esters is 1. The predicted molar refractivity (Wildman–Crippen MR) is 197 cm³/mol. The van der Waals surface area contributed by atoms with Gasteiger partial charge in [0.05, 0.1) is 17.6 Å². The third-order valence-corrected chi connectivity index (χ3v) is 9.99. The number of benzene rings is 4. The molecule has 2 atom stereocenters. The largest absolute Gasteiger partial charge is 0.457 e. The van der Waals surface area contributed by atoms with Crippen molar-refractivity contribution in [3.63, 3.8) is 0 Å². The van der Waals surface area contributed by atoms with Crippen molar-refractivity contribution in [1.82, 2.24) is 0 Å². The van der Waals surface area contributed by atoms with Gasteiger partial charge in [0.1, 0.15) is 14.1 Å². The number of hydrogen-bond acceptors (Lipinski definition) is 2. The van der Waals surface area contributed by atoms with Gasteiger partial charge < -0.3 is 4.74 Å². The first kappa shape index (κ1) is 32.1. The molecule has 1 aliphatic heterocycles. The molecule has 0 amide bonds. The normalized spacial score (nSPS) is 15.8. The molecule has 1 aliphatic rings. The highest BCUT2D eigenvalue weighted by Gasteiger charge is 2.30. The quantitative estimate of drug-likeness (QED) is 0.0918. The number of pyridine rings is 2. The first-order chi connectivity index (χ1) is 23.9. The highest BCUT2D eigenvalue weighted by molar-refractivity contribution is 6.10. The van der Waals surface area contributed by atoms with Crippen LogP contribution in [0, 0.1) is 12.8 Å². The number of aryl methyl sites for hydroxylation is 4. The molecule has 2 unspecified atom stereocenters. The van der Waals surface area contributed by atoms with Crippen molar-refractivity contribution in [2.75, 3.05) is 13.7 Å². The zero-order valence-electron chi connectivity index (χ0n) is 28.8. The van der Waals surface area contributed by atoms with Crippen LogP contribution < -0.4 is 9.13 Å². The summed E-state index contributed by atoms with van der Waals surface area (Å²) < 4.78 is 12.5. The number of rotatable bonds is 9. The van der Waals surface area contributed by atoms with Gasteiger partial charge in [-0.2, -0.15) is 4.57 Å². The second-order valence-electron chi connectivity index (χ2n) is 13.3. The fourth-order valence-electron chi connectivity index (χ4n) is 7.50. The number of hydrogen-bond donors (Lipinski definition) is 0. The molecule has 5 nitrogen and oxygen atoms in total. The summed E-state index contributed by atoms with van der Waals surface area (Å²) in [4.78, 5) is 13.6. The lowest BCUT2D eigenvalue weighted by Crippen LogP contribution is -2.41. The van der Waals surface area contributed by atoms with E-state index in [0.717, 1.165) is 17.7 Å². The molecule has 0 bridgehead atoms. The highest BCUT2D eigenvalue weighted by Crippen LogP contribution is 2.33. The van der Waals surface area contributed by atoms with Crippen LogP contribution in [-0.2, 0) is 31.2 Å². The summed E-state index contributed by atoms with van der Waals surface area (Å²) in [6, 6.07) is 36.5. The van der Waals surface area contributed by atoms with Crippen molar-refractivity contribution < 1.29 is 23.2 Å². The molecule has 5 heteroatoms. The average molecular weight is 647 g/mol. The Morgan fingerprint density at radius 1 is 0.776 bits per heavy atom. The number of carbonyl (C=O) groups excluding carboxylic acids is 1. The fourth-order valence-corrected chi connectivity index (χ4v) is 7.50. The van der Waals surface area contributed by atoms with E-state index in [0.29, 0.717) is 31.2 Å². The molecule has 0 saturated heterocycles. The first-order valence-electron chi connectivity index (χ1n) is 17.3. The topological polar surface area (TPSA) is 37.1 Å². The number of carbonyl (C=O) groups is 1. The molecule has 0 N–H and O–H groups in total. The van der Waals surface area contributed by atoms with E-state index in [4.69, 9.17) is 4.74 Å². The molecule has 2 aromatic heterocycles. The van der Waals surface area contributed by atoms with Gasteiger partial charge in [0.15, 0.2) is 31.2 Å². The van der Waals surface area contributed by atoms with E-state index in [9.17, 15) is 4.79 Å². The van der Waals surface area contributed by atoms with Crippen LogP contribution in [0.25, 0.3) is 32.8 Å². The monoisotopic (exact) mass is 646 g/mol. The summed E-state index contributed by atoms with van der Waals surface area (Å²) >= 11 is 0. The molecule has 244 valence electrons. The van der Waals surface area contributed by atoms with Gasteiger partial charge in [-0.25, -0.2) is 13.9 Å². The number of allylic oxidation sites excluding steroid dienone is 1. The Labute approximate surface area is 289 Å². The number of fused-ring (bicyclic) bond motifs is 3. The maximum absolute atomic E-state index is 13.6. The van der Waals surface area contributed by atoms with Crippen molar-refractivity contribution in [3.8, 4) is 11.3 Å². The Morgan fingerprint density at radius 2 is 1.59 bits per heavy atom. The molecule has 0 fully saturated rings. The van der Waals surface area contributed by atoms with Crippen molar-refractivity contribution in [2.45, 2.75) is 39.3 Å². The van der Waals surface area contributed by atoms with Gasteiger partial charge in [0.25, 0.3) is 5.69 Å². The maximum atomic E-state index is 13.6. The first-order valence-corrected chi connectivity index (χ1v) is 17.3. The van der Waals surface area contributed by atoms with Crippen LogP contribution in [0.15, 0.2) is 128 Å². The second-order valence-corrected chi connectivity index (χ2v) is 13.3. The van der Waals surface area contributed by atoms with Crippen molar-refractivity contribution in [2.24, 2.45) is 13.0 Å². The SMILES string of the molecule is Cc1ccc(CCOC(=O)c2cccc[n+]2CCc2ccccc2C2C(C)C=CC=[N+]2C)c(-c2c3ccc4ccccc4c3cc[n+]2C)c1.